The number of carbonyl (C=O) groups is 2. The molecule has 8 heteroatoms. The van der Waals surface area contributed by atoms with Gasteiger partial charge in [-0.15, -0.1) is 9.24 Å². The topological polar surface area (TPSA) is 98.9 Å². The van der Waals surface area contributed by atoms with Crippen LogP contribution in [0, 0.1) is 0 Å². The van der Waals surface area contributed by atoms with Crippen molar-refractivity contribution in [2.24, 2.45) is 0 Å². The van der Waals surface area contributed by atoms with Crippen molar-refractivity contribution in [3.05, 3.63) is 46.6 Å². The van der Waals surface area contributed by atoms with Crippen LogP contribution in [0.15, 0.2) is 40.9 Å². The van der Waals surface area contributed by atoms with Crippen LogP contribution in [0.4, 0.5) is 5.82 Å². The average molecular weight is 417 g/mol. The number of hydrogen-bond acceptors (Lipinski definition) is 5. The molecule has 1 aliphatic rings. The van der Waals surface area contributed by atoms with Gasteiger partial charge in [-0.1, -0.05) is 32.1 Å². The Hall–Kier alpha value is -2.24. The van der Waals surface area contributed by atoms with Crippen LogP contribution in [0.1, 0.15) is 56.9 Å². The highest BCUT2D eigenvalue weighted by Crippen LogP contribution is 2.30. The Morgan fingerprint density at radius 1 is 1.38 bits per heavy atom. The molecular formula is C21H32N5O2P. The summed E-state index contributed by atoms with van der Waals surface area (Å²) >= 11 is 0. The third-order valence-corrected chi connectivity index (χ3v) is 5.17. The quantitative estimate of drug-likeness (QED) is 0.327. The van der Waals surface area contributed by atoms with E-state index in [0.717, 1.165) is 43.5 Å². The SMILES string of the molecule is CCC=C(Nc1cc(C(=O)NC(CNCCC)C(C)=O)[nH]n1)C1=C(P)CCC=C1. The predicted octanol–water partition coefficient (Wildman–Crippen LogP) is 3.28. The van der Waals surface area contributed by atoms with Crippen LogP contribution < -0.4 is 16.0 Å². The molecule has 0 aromatic carbocycles. The number of ketones is 1. The van der Waals surface area contributed by atoms with E-state index in [2.05, 4.69) is 60.5 Å². The molecule has 0 saturated heterocycles. The van der Waals surface area contributed by atoms with Gasteiger partial charge in [-0.05, 0) is 44.5 Å². The van der Waals surface area contributed by atoms with Gasteiger partial charge in [0.2, 0.25) is 0 Å². The molecule has 0 saturated carbocycles. The van der Waals surface area contributed by atoms with Gasteiger partial charge in [0.05, 0.1) is 6.04 Å². The third kappa shape index (κ3) is 6.94. The summed E-state index contributed by atoms with van der Waals surface area (Å²) in [4.78, 5) is 24.4. The highest BCUT2D eigenvalue weighted by Gasteiger charge is 2.19. The molecule has 0 spiro atoms. The molecule has 0 radical (unpaired) electrons. The number of anilines is 1. The second-order valence-electron chi connectivity index (χ2n) is 7.04. The Kier molecular flexibility index (Phi) is 9.29. The number of nitrogens with one attached hydrogen (secondary N) is 4. The summed E-state index contributed by atoms with van der Waals surface area (Å²) in [6.07, 6.45) is 10.3. The highest BCUT2D eigenvalue weighted by molar-refractivity contribution is 7.22. The fourth-order valence-corrected chi connectivity index (χ4v) is 3.39. The molecule has 7 nitrogen and oxygen atoms in total. The van der Waals surface area contributed by atoms with Crippen LogP contribution in [0.25, 0.3) is 0 Å². The first kappa shape index (κ1) is 23.0. The minimum absolute atomic E-state index is 0.0861. The smallest absolute Gasteiger partial charge is 0.269 e. The molecule has 2 atom stereocenters. The molecular weight excluding hydrogens is 385 g/mol. The summed E-state index contributed by atoms with van der Waals surface area (Å²) in [7, 11) is 2.81. The number of Topliss-reactive ketones (excluding diaryl/α,β-unsaturated/α-hetero) is 1. The van der Waals surface area contributed by atoms with Crippen LogP contribution in [0.3, 0.4) is 0 Å². The van der Waals surface area contributed by atoms with E-state index in [1.54, 1.807) is 6.07 Å². The van der Waals surface area contributed by atoms with Gasteiger partial charge < -0.3 is 16.0 Å². The van der Waals surface area contributed by atoms with Crippen molar-refractivity contribution in [1.82, 2.24) is 20.8 Å². The lowest BCUT2D eigenvalue weighted by Crippen LogP contribution is -2.46. The Labute approximate surface area is 175 Å². The van der Waals surface area contributed by atoms with Crippen LogP contribution >= 0.6 is 9.24 Å². The second kappa shape index (κ2) is 11.7. The molecule has 2 rings (SSSR count). The van der Waals surface area contributed by atoms with Crippen LogP contribution in [-0.2, 0) is 4.79 Å². The summed E-state index contributed by atoms with van der Waals surface area (Å²) in [5, 5.41) is 17.5. The standard InChI is InChI=1S/C21H32N5O2P/c1-4-8-16(15-9-6-7-10-19(15)29)23-20-12-17(25-26-20)21(28)24-18(14(3)27)13-22-11-5-2/h6,8-9,12,18,22H,4-5,7,10-11,13,29H2,1-3H3,(H,24,28)(H2,23,25,26). The third-order valence-electron chi connectivity index (χ3n) is 4.57. The first-order valence-electron chi connectivity index (χ1n) is 10.2. The Balaban J connectivity index is 2.06. The molecule has 0 aliphatic heterocycles. The normalized spacial score (nSPS) is 15.4. The van der Waals surface area contributed by atoms with E-state index < -0.39 is 6.04 Å². The maximum Gasteiger partial charge on any atom is 0.269 e. The molecule has 1 aliphatic carbocycles. The minimum atomic E-state index is -0.568. The van der Waals surface area contributed by atoms with E-state index in [-0.39, 0.29) is 11.7 Å². The molecule has 1 aromatic heterocycles. The largest absolute Gasteiger partial charge is 0.340 e. The van der Waals surface area contributed by atoms with Gasteiger partial charge in [-0.2, -0.15) is 5.10 Å². The lowest BCUT2D eigenvalue weighted by molar-refractivity contribution is -0.118. The number of aromatic amines is 1. The number of carbonyl (C=O) groups excluding carboxylic acids is 2. The minimum Gasteiger partial charge on any atom is -0.340 e. The Morgan fingerprint density at radius 2 is 2.17 bits per heavy atom. The molecule has 2 unspecified atom stereocenters. The van der Waals surface area contributed by atoms with Crippen molar-refractivity contribution in [3.63, 3.8) is 0 Å². The average Bonchev–Trinajstić information content (AvgIpc) is 3.16. The van der Waals surface area contributed by atoms with Crippen molar-refractivity contribution in [2.75, 3.05) is 18.4 Å². The summed E-state index contributed by atoms with van der Waals surface area (Å²) in [6, 6.07) is 1.09. The van der Waals surface area contributed by atoms with Gasteiger partial charge in [0.25, 0.3) is 5.91 Å². The van der Waals surface area contributed by atoms with Gasteiger partial charge in [0.15, 0.2) is 11.6 Å². The number of allylic oxidation sites excluding steroid dienone is 4. The van der Waals surface area contributed by atoms with E-state index in [9.17, 15) is 9.59 Å². The zero-order chi connectivity index (χ0) is 21.2. The molecule has 29 heavy (non-hydrogen) atoms. The lowest BCUT2D eigenvalue weighted by Gasteiger charge is -2.16. The summed E-state index contributed by atoms with van der Waals surface area (Å²) < 4.78 is 0. The lowest BCUT2D eigenvalue weighted by atomic mass is 10.0. The van der Waals surface area contributed by atoms with E-state index in [1.165, 1.54) is 12.2 Å². The Bertz CT molecular complexity index is 810. The van der Waals surface area contributed by atoms with Crippen molar-refractivity contribution in [2.45, 2.75) is 52.5 Å². The van der Waals surface area contributed by atoms with Gasteiger partial charge in [-0.25, -0.2) is 0 Å². The number of nitrogens with zero attached hydrogens (tertiary/aromatic N) is 1. The van der Waals surface area contributed by atoms with Crippen molar-refractivity contribution in [1.29, 1.82) is 0 Å². The van der Waals surface area contributed by atoms with E-state index in [4.69, 9.17) is 0 Å². The van der Waals surface area contributed by atoms with E-state index >= 15 is 0 Å². The molecule has 158 valence electrons. The Morgan fingerprint density at radius 3 is 2.83 bits per heavy atom. The van der Waals surface area contributed by atoms with Crippen LogP contribution in [0.5, 0.6) is 0 Å². The summed E-state index contributed by atoms with van der Waals surface area (Å²) in [5.41, 5.74) is 2.41. The van der Waals surface area contributed by atoms with Crippen LogP contribution in [0.2, 0.25) is 0 Å². The van der Waals surface area contributed by atoms with Crippen molar-refractivity contribution in [3.8, 4) is 0 Å². The molecule has 0 fully saturated rings. The maximum atomic E-state index is 12.5. The predicted molar refractivity (Wildman–Crippen MR) is 121 cm³/mol. The van der Waals surface area contributed by atoms with Gasteiger partial charge in [0.1, 0.15) is 5.69 Å². The zero-order valence-electron chi connectivity index (χ0n) is 17.5. The maximum absolute atomic E-state index is 12.5. The van der Waals surface area contributed by atoms with E-state index in [0.29, 0.717) is 18.1 Å². The van der Waals surface area contributed by atoms with Gasteiger partial charge in [0, 0.05) is 23.9 Å². The molecule has 1 heterocycles. The zero-order valence-corrected chi connectivity index (χ0v) is 18.6. The molecule has 1 aromatic rings. The monoisotopic (exact) mass is 417 g/mol. The molecule has 0 bridgehead atoms. The first-order chi connectivity index (χ1) is 14.0. The van der Waals surface area contributed by atoms with Crippen LogP contribution in [-0.4, -0.2) is 41.0 Å². The number of amides is 1. The highest BCUT2D eigenvalue weighted by atomic mass is 31.0. The molecule has 1 amide bonds. The summed E-state index contributed by atoms with van der Waals surface area (Å²) in [5.74, 6) is 0.119. The van der Waals surface area contributed by atoms with Gasteiger partial charge in [-0.3, -0.25) is 14.7 Å². The number of rotatable bonds is 11. The molecule has 4 N–H and O–H groups in total. The van der Waals surface area contributed by atoms with Crippen molar-refractivity contribution >= 4 is 26.7 Å². The second-order valence-corrected chi connectivity index (χ2v) is 7.74. The number of aromatic nitrogens is 2. The van der Waals surface area contributed by atoms with Gasteiger partial charge >= 0.3 is 0 Å². The fraction of sp³-hybridized carbons (Fsp3) is 0.476. The van der Waals surface area contributed by atoms with E-state index in [1.807, 2.05) is 6.92 Å². The number of H-pyrrole nitrogens is 1. The fourth-order valence-electron chi connectivity index (χ4n) is 2.97. The summed E-state index contributed by atoms with van der Waals surface area (Å²) in [6.45, 7) is 6.82. The number of hydrogen-bond donors (Lipinski definition) is 4. The van der Waals surface area contributed by atoms with Crippen molar-refractivity contribution < 1.29 is 9.59 Å². The first-order valence-corrected chi connectivity index (χ1v) is 10.7.